The summed E-state index contributed by atoms with van der Waals surface area (Å²) in [5.41, 5.74) is 0.734. The third kappa shape index (κ3) is 2.28. The van der Waals surface area contributed by atoms with Crippen LogP contribution < -0.4 is 11.2 Å². The van der Waals surface area contributed by atoms with E-state index in [1.54, 1.807) is 23.9 Å². The molecule has 0 atom stereocenters. The molecule has 0 saturated heterocycles. The lowest BCUT2D eigenvalue weighted by atomic mass is 10.3. The molecule has 3 heterocycles. The van der Waals surface area contributed by atoms with Gasteiger partial charge in [-0.3, -0.25) is 18.5 Å². The van der Waals surface area contributed by atoms with E-state index in [2.05, 4.69) is 25.9 Å². The van der Waals surface area contributed by atoms with E-state index in [0.717, 1.165) is 10.1 Å². The van der Waals surface area contributed by atoms with E-state index in [-0.39, 0.29) is 5.52 Å². The molecule has 0 bridgehead atoms. The van der Waals surface area contributed by atoms with Crippen LogP contribution in [0.2, 0.25) is 5.15 Å². The highest BCUT2D eigenvalue weighted by atomic mass is 79.9. The van der Waals surface area contributed by atoms with Crippen LogP contribution in [0.1, 0.15) is 5.56 Å². The molecule has 0 aliphatic carbocycles. The number of nitrogens with zero attached hydrogens (tertiary/aromatic N) is 5. The van der Waals surface area contributed by atoms with Crippen molar-refractivity contribution < 1.29 is 0 Å². The van der Waals surface area contributed by atoms with Crippen molar-refractivity contribution in [2.24, 2.45) is 14.1 Å². The van der Waals surface area contributed by atoms with Gasteiger partial charge in [-0.15, -0.1) is 0 Å². The summed E-state index contributed by atoms with van der Waals surface area (Å²) < 4.78 is 4.65. The topological polar surface area (TPSA) is 74.7 Å². The molecule has 0 saturated carbocycles. The molecule has 0 aliphatic heterocycles. The minimum absolute atomic E-state index is 0.235. The van der Waals surface area contributed by atoms with Gasteiger partial charge in [-0.25, -0.2) is 14.8 Å². The summed E-state index contributed by atoms with van der Waals surface area (Å²) in [4.78, 5) is 32.5. The summed E-state index contributed by atoms with van der Waals surface area (Å²) >= 11 is 9.12. The highest BCUT2D eigenvalue weighted by Gasteiger charge is 2.17. The molecule has 0 aliphatic rings. The Morgan fingerprint density at radius 2 is 1.95 bits per heavy atom. The second-order valence-electron chi connectivity index (χ2n) is 4.83. The first-order valence-corrected chi connectivity index (χ1v) is 7.49. The lowest BCUT2D eigenvalue weighted by Crippen LogP contribution is -2.37. The number of aromatic nitrogens is 5. The molecular weight excluding hydrogens is 374 g/mol. The Morgan fingerprint density at radius 1 is 1.23 bits per heavy atom. The van der Waals surface area contributed by atoms with Crippen LogP contribution >= 0.6 is 27.5 Å². The van der Waals surface area contributed by atoms with Crippen molar-refractivity contribution >= 4 is 38.7 Å². The van der Waals surface area contributed by atoms with Gasteiger partial charge in [0.25, 0.3) is 5.56 Å². The second kappa shape index (κ2) is 5.36. The summed E-state index contributed by atoms with van der Waals surface area (Å²) in [6, 6.07) is 3.51. The highest BCUT2D eigenvalue weighted by molar-refractivity contribution is 9.10. The molecule has 114 valence electrons. The van der Waals surface area contributed by atoms with Crippen molar-refractivity contribution in [3.05, 3.63) is 54.6 Å². The fraction of sp³-hybridized carbons (Fsp3) is 0.231. The molecule has 0 unspecified atom stereocenters. The Morgan fingerprint density at radius 3 is 2.59 bits per heavy atom. The fourth-order valence-corrected chi connectivity index (χ4v) is 2.87. The van der Waals surface area contributed by atoms with E-state index in [9.17, 15) is 9.59 Å². The lowest BCUT2D eigenvalue weighted by molar-refractivity contribution is 0.684. The highest BCUT2D eigenvalue weighted by Crippen LogP contribution is 2.18. The summed E-state index contributed by atoms with van der Waals surface area (Å²) in [7, 11) is 3.04. The Balaban J connectivity index is 2.26. The van der Waals surface area contributed by atoms with Crippen LogP contribution in [0.15, 0.2) is 32.7 Å². The standard InChI is InChI=1S/C13H11BrClN5O2/c1-18-10-9(11(21)19(2)13(18)22)17-12(14)20(10)6-7-3-4-8(15)16-5-7/h3-5H,6H2,1-2H3. The maximum atomic E-state index is 12.2. The molecule has 0 radical (unpaired) electrons. The molecule has 22 heavy (non-hydrogen) atoms. The monoisotopic (exact) mass is 383 g/mol. The third-order valence-electron chi connectivity index (χ3n) is 3.42. The van der Waals surface area contributed by atoms with E-state index in [1.165, 1.54) is 11.6 Å². The molecule has 3 rings (SSSR count). The van der Waals surface area contributed by atoms with Gasteiger partial charge in [0.2, 0.25) is 0 Å². The average Bonchev–Trinajstić information content (AvgIpc) is 2.82. The molecule has 7 nitrogen and oxygen atoms in total. The van der Waals surface area contributed by atoms with Gasteiger partial charge in [0.1, 0.15) is 5.15 Å². The predicted octanol–water partition coefficient (Wildman–Crippen LogP) is 1.29. The van der Waals surface area contributed by atoms with Gasteiger partial charge in [-0.05, 0) is 27.6 Å². The maximum absolute atomic E-state index is 12.2. The quantitative estimate of drug-likeness (QED) is 0.493. The van der Waals surface area contributed by atoms with E-state index < -0.39 is 11.2 Å². The van der Waals surface area contributed by atoms with Crippen LogP contribution in [0.4, 0.5) is 0 Å². The van der Waals surface area contributed by atoms with E-state index in [4.69, 9.17) is 11.6 Å². The van der Waals surface area contributed by atoms with Gasteiger partial charge >= 0.3 is 5.69 Å². The van der Waals surface area contributed by atoms with Crippen LogP contribution in [0.3, 0.4) is 0 Å². The number of pyridine rings is 1. The predicted molar refractivity (Wildman–Crippen MR) is 86.3 cm³/mol. The van der Waals surface area contributed by atoms with Crippen LogP contribution in [-0.4, -0.2) is 23.7 Å². The van der Waals surface area contributed by atoms with Crippen LogP contribution in [-0.2, 0) is 20.6 Å². The normalized spacial score (nSPS) is 11.3. The maximum Gasteiger partial charge on any atom is 0.332 e. The first-order chi connectivity index (χ1) is 10.4. The number of fused-ring (bicyclic) bond motifs is 1. The number of halogens is 2. The van der Waals surface area contributed by atoms with Crippen molar-refractivity contribution in [3.8, 4) is 0 Å². The van der Waals surface area contributed by atoms with Gasteiger partial charge in [-0.2, -0.15) is 0 Å². The number of hydrogen-bond donors (Lipinski definition) is 0. The van der Waals surface area contributed by atoms with Gasteiger partial charge in [0, 0.05) is 20.3 Å². The zero-order valence-electron chi connectivity index (χ0n) is 11.7. The first kappa shape index (κ1) is 15.0. The zero-order chi connectivity index (χ0) is 16.0. The van der Waals surface area contributed by atoms with Crippen LogP contribution in [0.25, 0.3) is 11.2 Å². The SMILES string of the molecule is Cn1c(=O)c2nc(Br)n(Cc3ccc(Cl)nc3)c2n(C)c1=O. The minimum Gasteiger partial charge on any atom is -0.300 e. The molecule has 0 aromatic carbocycles. The molecule has 3 aromatic heterocycles. The Labute approximate surface area is 137 Å². The number of aryl methyl sites for hydroxylation is 1. The van der Waals surface area contributed by atoms with Crippen molar-refractivity contribution in [1.82, 2.24) is 23.7 Å². The number of hydrogen-bond acceptors (Lipinski definition) is 4. The van der Waals surface area contributed by atoms with Crippen molar-refractivity contribution in [1.29, 1.82) is 0 Å². The number of rotatable bonds is 2. The van der Waals surface area contributed by atoms with E-state index >= 15 is 0 Å². The Hall–Kier alpha value is -1.93. The van der Waals surface area contributed by atoms with Crippen molar-refractivity contribution in [2.75, 3.05) is 0 Å². The Kier molecular flexibility index (Phi) is 3.65. The molecule has 3 aromatic rings. The summed E-state index contributed by atoms with van der Waals surface area (Å²) in [6.07, 6.45) is 1.64. The first-order valence-electron chi connectivity index (χ1n) is 6.32. The van der Waals surface area contributed by atoms with Crippen molar-refractivity contribution in [3.63, 3.8) is 0 Å². The van der Waals surface area contributed by atoms with Gasteiger partial charge < -0.3 is 0 Å². The van der Waals surface area contributed by atoms with Crippen LogP contribution in [0, 0.1) is 0 Å². The van der Waals surface area contributed by atoms with Gasteiger partial charge in [0.05, 0.1) is 6.54 Å². The summed E-state index contributed by atoms with van der Waals surface area (Å²) in [5, 5.41) is 0.402. The second-order valence-corrected chi connectivity index (χ2v) is 5.93. The smallest absolute Gasteiger partial charge is 0.300 e. The lowest BCUT2D eigenvalue weighted by Gasteiger charge is -2.09. The molecule has 9 heteroatoms. The molecule has 0 amide bonds. The van der Waals surface area contributed by atoms with Crippen molar-refractivity contribution in [2.45, 2.75) is 6.54 Å². The molecule has 0 spiro atoms. The Bertz CT molecular complexity index is 987. The number of imidazole rings is 1. The van der Waals surface area contributed by atoms with Gasteiger partial charge in [0.15, 0.2) is 15.9 Å². The van der Waals surface area contributed by atoms with E-state index in [0.29, 0.717) is 22.1 Å². The average molecular weight is 385 g/mol. The summed E-state index contributed by atoms with van der Waals surface area (Å²) in [5.74, 6) is 0. The summed E-state index contributed by atoms with van der Waals surface area (Å²) in [6.45, 7) is 0.404. The molecule has 0 N–H and O–H groups in total. The zero-order valence-corrected chi connectivity index (χ0v) is 14.1. The largest absolute Gasteiger partial charge is 0.332 e. The minimum atomic E-state index is -0.424. The fourth-order valence-electron chi connectivity index (χ4n) is 2.29. The van der Waals surface area contributed by atoms with Crippen LogP contribution in [0.5, 0.6) is 0 Å². The van der Waals surface area contributed by atoms with Gasteiger partial charge in [-0.1, -0.05) is 17.7 Å². The molecule has 0 fully saturated rings. The van der Waals surface area contributed by atoms with E-state index in [1.807, 2.05) is 6.07 Å². The molecular formula is C13H11BrClN5O2. The third-order valence-corrected chi connectivity index (χ3v) is 4.25.